The molecule has 0 aliphatic carbocycles. The molecule has 0 saturated carbocycles. The number of hydrogen-bond donors (Lipinski definition) is 0. The maximum absolute atomic E-state index is 12.5. The van der Waals surface area contributed by atoms with Crippen molar-refractivity contribution in [3.63, 3.8) is 0 Å². The Hall–Kier alpha value is -4.36. The fourth-order valence-corrected chi connectivity index (χ4v) is 4.03. The average Bonchev–Trinajstić information content (AvgIpc) is 3.36. The van der Waals surface area contributed by atoms with Gasteiger partial charge in [-0.15, -0.1) is 0 Å². The molecule has 0 fully saturated rings. The molecule has 0 amide bonds. The number of nitrogens with zero attached hydrogens (tertiary/aromatic N) is 6. The number of aromatic nitrogens is 3. The lowest BCUT2D eigenvalue weighted by molar-refractivity contribution is -0.753. The van der Waals surface area contributed by atoms with E-state index in [2.05, 4.69) is 16.3 Å². The minimum Gasteiger partial charge on any atom is -0.861 e. The molecular weight excluding hydrogens is 464 g/mol. The second-order valence-corrected chi connectivity index (χ2v) is 8.51. The highest BCUT2D eigenvalue weighted by molar-refractivity contribution is 7.99. The van der Waals surface area contributed by atoms with Crippen LogP contribution in [0.15, 0.2) is 81.4 Å². The highest BCUT2D eigenvalue weighted by Gasteiger charge is 2.17. The third kappa shape index (κ3) is 5.59. The van der Waals surface area contributed by atoms with Crippen molar-refractivity contribution in [2.24, 2.45) is 4.99 Å². The number of nitriles is 1. The summed E-state index contributed by atoms with van der Waals surface area (Å²) >= 11 is 1.16. The third-order valence-corrected chi connectivity index (χ3v) is 5.95. The summed E-state index contributed by atoms with van der Waals surface area (Å²) in [5, 5.41) is 28.4. The van der Waals surface area contributed by atoms with E-state index in [-0.39, 0.29) is 11.6 Å². The first kappa shape index (κ1) is 23.8. The number of methoxy groups -OCH3 is 1. The second-order valence-electron chi connectivity index (χ2n) is 7.54. The van der Waals surface area contributed by atoms with E-state index in [1.165, 1.54) is 11.0 Å². The Bertz CT molecular complexity index is 1380. The minimum absolute atomic E-state index is 0.0232. The molecule has 9 nitrogen and oxygen atoms in total. The Labute approximate surface area is 206 Å². The van der Waals surface area contributed by atoms with Crippen LogP contribution in [0.1, 0.15) is 5.56 Å². The van der Waals surface area contributed by atoms with Crippen LogP contribution in [0.3, 0.4) is 0 Å². The van der Waals surface area contributed by atoms with Gasteiger partial charge >= 0.3 is 5.88 Å². The molecule has 0 aliphatic rings. The van der Waals surface area contributed by atoms with Crippen molar-refractivity contribution in [1.29, 1.82) is 5.26 Å². The van der Waals surface area contributed by atoms with E-state index in [4.69, 9.17) is 14.2 Å². The number of thioether (sulfide) groups is 1. The van der Waals surface area contributed by atoms with Crippen LogP contribution in [0.25, 0.3) is 22.4 Å². The fraction of sp³-hybridized carbons (Fsp3) is 0.160. The molecule has 0 N–H and O–H groups in total. The zero-order valence-corrected chi connectivity index (χ0v) is 20.2. The van der Waals surface area contributed by atoms with Crippen molar-refractivity contribution >= 4 is 23.5 Å². The lowest BCUT2D eigenvalue weighted by Crippen LogP contribution is -2.53. The van der Waals surface area contributed by atoms with Crippen LogP contribution in [0.4, 0.5) is 5.88 Å². The van der Waals surface area contributed by atoms with E-state index in [9.17, 15) is 10.4 Å². The summed E-state index contributed by atoms with van der Waals surface area (Å²) in [7, 11) is 5.16. The van der Waals surface area contributed by atoms with Gasteiger partial charge in [0.25, 0.3) is 6.20 Å². The molecule has 10 heteroatoms. The Morgan fingerprint density at radius 3 is 2.54 bits per heavy atom. The molecule has 0 aliphatic heterocycles. The summed E-state index contributed by atoms with van der Waals surface area (Å²) < 4.78 is 10.3. The van der Waals surface area contributed by atoms with E-state index in [0.717, 1.165) is 34.2 Å². The van der Waals surface area contributed by atoms with Crippen LogP contribution in [-0.4, -0.2) is 43.1 Å². The van der Waals surface area contributed by atoms with Crippen molar-refractivity contribution in [2.75, 3.05) is 32.0 Å². The third-order valence-electron chi connectivity index (χ3n) is 4.99. The predicted octanol–water partition coefficient (Wildman–Crippen LogP) is 2.95. The molecule has 2 aromatic heterocycles. The van der Waals surface area contributed by atoms with Crippen molar-refractivity contribution in [1.82, 2.24) is 10.3 Å². The maximum Gasteiger partial charge on any atom is 0.324 e. The molecule has 0 atom stereocenters. The van der Waals surface area contributed by atoms with Gasteiger partial charge in [-0.1, -0.05) is 54.2 Å². The highest BCUT2D eigenvalue weighted by Crippen LogP contribution is 2.34. The summed E-state index contributed by atoms with van der Waals surface area (Å²) in [4.78, 5) is 10.1. The smallest absolute Gasteiger partial charge is 0.324 e. The van der Waals surface area contributed by atoms with E-state index < -0.39 is 5.90 Å². The van der Waals surface area contributed by atoms with Crippen molar-refractivity contribution < 1.29 is 19.2 Å². The molecule has 4 aromatic rings. The van der Waals surface area contributed by atoms with E-state index in [1.807, 2.05) is 60.7 Å². The summed E-state index contributed by atoms with van der Waals surface area (Å²) in [6.45, 7) is 0. The van der Waals surface area contributed by atoms with Crippen LogP contribution >= 0.6 is 11.8 Å². The molecule has 0 radical (unpaired) electrons. The summed E-state index contributed by atoms with van der Waals surface area (Å²) in [6, 6.07) is 21.3. The molecular formula is C25H22N6O3S. The Balaban J connectivity index is 1.70. The zero-order valence-electron chi connectivity index (χ0n) is 19.4. The molecule has 176 valence electrons. The number of benzene rings is 2. The Kier molecular flexibility index (Phi) is 7.28. The molecule has 2 aromatic carbocycles. The summed E-state index contributed by atoms with van der Waals surface area (Å²) in [5.41, 5.74) is 3.55. The van der Waals surface area contributed by atoms with Gasteiger partial charge in [-0.05, 0) is 29.7 Å². The number of ether oxygens (including phenoxy) is 1. The van der Waals surface area contributed by atoms with Gasteiger partial charge in [0.05, 0.1) is 37.3 Å². The standard InChI is InChI=1S/C25H22N6O3S/c1-30(2)31-15-24(34-29-31)28-23(32)16-35-25-21(14-26)20(17-9-11-19(33-3)12-10-17)13-22(27-25)18-7-5-4-6-8-18/h4-13,15H,16H2,1-3H3. The van der Waals surface area contributed by atoms with Crippen LogP contribution < -0.4 is 19.6 Å². The van der Waals surface area contributed by atoms with Crippen LogP contribution in [0.2, 0.25) is 0 Å². The predicted molar refractivity (Wildman–Crippen MR) is 131 cm³/mol. The Morgan fingerprint density at radius 1 is 1.17 bits per heavy atom. The van der Waals surface area contributed by atoms with Gasteiger partial charge < -0.3 is 9.84 Å². The largest absolute Gasteiger partial charge is 0.861 e. The first-order valence-electron chi connectivity index (χ1n) is 10.6. The molecule has 35 heavy (non-hydrogen) atoms. The Morgan fingerprint density at radius 2 is 1.91 bits per heavy atom. The molecule has 0 unspecified atom stereocenters. The van der Waals surface area contributed by atoms with Gasteiger partial charge in [-0.2, -0.15) is 10.3 Å². The topological polar surface area (TPSA) is 114 Å². The van der Waals surface area contributed by atoms with Crippen LogP contribution in [0, 0.1) is 11.3 Å². The van der Waals surface area contributed by atoms with Crippen molar-refractivity contribution in [2.45, 2.75) is 5.03 Å². The van der Waals surface area contributed by atoms with E-state index in [0.29, 0.717) is 16.3 Å². The molecule has 0 spiro atoms. The van der Waals surface area contributed by atoms with Gasteiger partial charge in [-0.3, -0.25) is 4.52 Å². The fourth-order valence-electron chi connectivity index (χ4n) is 3.24. The quantitative estimate of drug-likeness (QED) is 0.162. The van der Waals surface area contributed by atoms with Gasteiger partial charge in [0.1, 0.15) is 16.8 Å². The number of rotatable bonds is 8. The highest BCUT2D eigenvalue weighted by atomic mass is 32.2. The van der Waals surface area contributed by atoms with E-state index in [1.54, 1.807) is 26.2 Å². The van der Waals surface area contributed by atoms with Crippen molar-refractivity contribution in [3.8, 4) is 34.2 Å². The van der Waals surface area contributed by atoms with Gasteiger partial charge in [0, 0.05) is 16.9 Å². The minimum atomic E-state index is -0.432. The molecule has 2 heterocycles. The SMILES string of the molecule is COc1ccc(-c2cc(-c3ccccc3)nc(SC/C([O-])=N/c3c[n+](N(C)C)no3)c2C#N)cc1. The van der Waals surface area contributed by atoms with Gasteiger partial charge in [-0.25, -0.2) is 9.98 Å². The van der Waals surface area contributed by atoms with Gasteiger partial charge in [0.15, 0.2) is 0 Å². The van der Waals surface area contributed by atoms with E-state index >= 15 is 0 Å². The lowest BCUT2D eigenvalue weighted by atomic mass is 9.99. The first-order chi connectivity index (χ1) is 17.0. The number of aliphatic imine (C=N–C) groups is 1. The van der Waals surface area contributed by atoms with Gasteiger partial charge in [0.2, 0.25) is 5.27 Å². The van der Waals surface area contributed by atoms with Crippen LogP contribution in [-0.2, 0) is 0 Å². The van der Waals surface area contributed by atoms with Crippen LogP contribution in [0.5, 0.6) is 5.75 Å². The maximum atomic E-state index is 12.5. The normalized spacial score (nSPS) is 11.2. The number of pyridine rings is 1. The lowest BCUT2D eigenvalue weighted by Gasteiger charge is -2.14. The second kappa shape index (κ2) is 10.7. The summed E-state index contributed by atoms with van der Waals surface area (Å²) in [6.07, 6.45) is 1.50. The monoisotopic (exact) mass is 486 g/mol. The average molecular weight is 487 g/mol. The van der Waals surface area contributed by atoms with Crippen molar-refractivity contribution in [3.05, 3.63) is 72.4 Å². The first-order valence-corrected chi connectivity index (χ1v) is 11.6. The zero-order chi connectivity index (χ0) is 24.8. The molecule has 0 bridgehead atoms. The summed E-state index contributed by atoms with van der Waals surface area (Å²) in [5.74, 6) is 0.355. The molecule has 0 saturated heterocycles. The molecule has 4 rings (SSSR count). The number of hydrogen-bond acceptors (Lipinski definition) is 9.